The lowest BCUT2D eigenvalue weighted by Crippen LogP contribution is -2.36. The third-order valence-electron chi connectivity index (χ3n) is 4.21. The van der Waals surface area contributed by atoms with Gasteiger partial charge < -0.3 is 20.1 Å². The first kappa shape index (κ1) is 20.3. The van der Waals surface area contributed by atoms with Crippen molar-refractivity contribution in [1.29, 1.82) is 0 Å². The average molecular weight is 355 g/mol. The van der Waals surface area contributed by atoms with Crippen molar-refractivity contribution in [3.05, 3.63) is 29.3 Å². The number of carbonyl (C=O) groups is 1. The number of hydrogen-bond acceptors (Lipinski definition) is 4. The molecule has 0 saturated heterocycles. The van der Waals surface area contributed by atoms with Crippen molar-refractivity contribution in [3.63, 3.8) is 0 Å². The van der Waals surface area contributed by atoms with E-state index in [9.17, 15) is 4.79 Å². The Morgan fingerprint density at radius 2 is 2.12 bits per heavy atom. The summed E-state index contributed by atoms with van der Waals surface area (Å²) < 4.78 is 10.9. The van der Waals surface area contributed by atoms with Gasteiger partial charge in [0.05, 0.1) is 12.7 Å². The van der Waals surface area contributed by atoms with E-state index in [1.807, 2.05) is 24.3 Å². The van der Waals surface area contributed by atoms with Gasteiger partial charge in [-0.25, -0.2) is 0 Å². The van der Waals surface area contributed by atoms with Gasteiger partial charge in [0, 0.05) is 25.2 Å². The molecular weight excluding hydrogens is 328 g/mol. The fourth-order valence-corrected chi connectivity index (χ4v) is 2.43. The Bertz CT molecular complexity index is 602. The summed E-state index contributed by atoms with van der Waals surface area (Å²) in [5.41, 5.74) is 7.56. The second-order valence-corrected chi connectivity index (χ2v) is 6.29. The quantitative estimate of drug-likeness (QED) is 0.853. The van der Waals surface area contributed by atoms with Crippen molar-refractivity contribution < 1.29 is 14.3 Å². The SMILES string of the molecule is COc1ccc2c(c1)C=C(C(=O)N(C)CCC(N)C(C)C)CO2.Cl. The van der Waals surface area contributed by atoms with E-state index in [0.29, 0.717) is 24.6 Å². The van der Waals surface area contributed by atoms with Gasteiger partial charge in [-0.15, -0.1) is 12.4 Å². The molecule has 0 aromatic heterocycles. The number of likely N-dealkylation sites (N-methyl/N-ethyl adjacent to an activating group) is 1. The number of benzene rings is 1. The molecule has 134 valence electrons. The summed E-state index contributed by atoms with van der Waals surface area (Å²) in [5, 5.41) is 0. The van der Waals surface area contributed by atoms with E-state index in [0.717, 1.165) is 23.5 Å². The second-order valence-electron chi connectivity index (χ2n) is 6.29. The van der Waals surface area contributed by atoms with Crippen LogP contribution >= 0.6 is 12.4 Å². The second kappa shape index (κ2) is 8.94. The molecule has 1 aliphatic heterocycles. The van der Waals surface area contributed by atoms with E-state index in [1.54, 1.807) is 19.1 Å². The number of ether oxygens (including phenoxy) is 2. The third kappa shape index (κ3) is 4.89. The van der Waals surface area contributed by atoms with Crippen LogP contribution < -0.4 is 15.2 Å². The molecule has 2 N–H and O–H groups in total. The van der Waals surface area contributed by atoms with Gasteiger partial charge in [-0.2, -0.15) is 0 Å². The zero-order valence-electron chi connectivity index (χ0n) is 14.7. The molecule has 1 heterocycles. The number of nitrogens with zero attached hydrogens (tertiary/aromatic N) is 1. The van der Waals surface area contributed by atoms with E-state index >= 15 is 0 Å². The molecule has 0 saturated carbocycles. The number of halogens is 1. The van der Waals surface area contributed by atoms with Crippen molar-refractivity contribution in [2.45, 2.75) is 26.3 Å². The highest BCUT2D eigenvalue weighted by Crippen LogP contribution is 2.30. The Morgan fingerprint density at radius 1 is 1.42 bits per heavy atom. The first-order valence-corrected chi connectivity index (χ1v) is 7.94. The van der Waals surface area contributed by atoms with Gasteiger partial charge in [0.15, 0.2) is 0 Å². The fourth-order valence-electron chi connectivity index (χ4n) is 2.43. The van der Waals surface area contributed by atoms with Crippen molar-refractivity contribution in [3.8, 4) is 11.5 Å². The maximum atomic E-state index is 12.6. The van der Waals surface area contributed by atoms with E-state index in [1.165, 1.54) is 0 Å². The highest BCUT2D eigenvalue weighted by atomic mass is 35.5. The predicted octanol–water partition coefficient (Wildman–Crippen LogP) is 2.72. The number of rotatable bonds is 6. The van der Waals surface area contributed by atoms with Crippen molar-refractivity contribution in [2.75, 3.05) is 27.3 Å². The van der Waals surface area contributed by atoms with Crippen molar-refractivity contribution >= 4 is 24.4 Å². The van der Waals surface area contributed by atoms with Crippen LogP contribution in [0.1, 0.15) is 25.8 Å². The summed E-state index contributed by atoms with van der Waals surface area (Å²) in [4.78, 5) is 14.3. The lowest BCUT2D eigenvalue weighted by molar-refractivity contribution is -0.126. The molecule has 0 spiro atoms. The smallest absolute Gasteiger partial charge is 0.252 e. The summed E-state index contributed by atoms with van der Waals surface area (Å²) >= 11 is 0. The minimum absolute atomic E-state index is 0. The number of hydrogen-bond donors (Lipinski definition) is 1. The van der Waals surface area contributed by atoms with Gasteiger partial charge >= 0.3 is 0 Å². The fraction of sp³-hybridized carbons (Fsp3) is 0.500. The number of methoxy groups -OCH3 is 1. The van der Waals surface area contributed by atoms with Crippen LogP contribution in [0.2, 0.25) is 0 Å². The molecule has 2 rings (SSSR count). The predicted molar refractivity (Wildman–Crippen MR) is 98.8 cm³/mol. The molecule has 24 heavy (non-hydrogen) atoms. The van der Waals surface area contributed by atoms with Crippen LogP contribution in [0.4, 0.5) is 0 Å². The van der Waals surface area contributed by atoms with Crippen LogP contribution in [-0.4, -0.2) is 44.2 Å². The van der Waals surface area contributed by atoms with Gasteiger partial charge in [-0.3, -0.25) is 4.79 Å². The van der Waals surface area contributed by atoms with E-state index in [2.05, 4.69) is 13.8 Å². The van der Waals surface area contributed by atoms with Crippen molar-refractivity contribution in [2.24, 2.45) is 11.7 Å². The van der Waals surface area contributed by atoms with Gasteiger partial charge in [0.25, 0.3) is 5.91 Å². The molecule has 1 unspecified atom stereocenters. The minimum Gasteiger partial charge on any atom is -0.497 e. The van der Waals surface area contributed by atoms with Crippen LogP contribution in [-0.2, 0) is 4.79 Å². The Labute approximate surface area is 150 Å². The van der Waals surface area contributed by atoms with Gasteiger partial charge in [0.2, 0.25) is 0 Å². The van der Waals surface area contributed by atoms with E-state index < -0.39 is 0 Å². The Kier molecular flexibility index (Phi) is 7.58. The van der Waals surface area contributed by atoms with E-state index in [4.69, 9.17) is 15.2 Å². The third-order valence-corrected chi connectivity index (χ3v) is 4.21. The van der Waals surface area contributed by atoms with Crippen LogP contribution in [0.25, 0.3) is 6.08 Å². The lowest BCUT2D eigenvalue weighted by atomic mass is 10.0. The normalized spacial score (nSPS) is 14.0. The summed E-state index contributed by atoms with van der Waals surface area (Å²) in [6, 6.07) is 5.68. The Hall–Kier alpha value is -1.72. The van der Waals surface area contributed by atoms with Gasteiger partial charge in [-0.1, -0.05) is 13.8 Å². The van der Waals surface area contributed by atoms with E-state index in [-0.39, 0.29) is 24.4 Å². The van der Waals surface area contributed by atoms with Gasteiger partial charge in [-0.05, 0) is 36.6 Å². The Morgan fingerprint density at radius 3 is 2.75 bits per heavy atom. The lowest BCUT2D eigenvalue weighted by Gasteiger charge is -2.24. The summed E-state index contributed by atoms with van der Waals surface area (Å²) in [6.07, 6.45) is 2.67. The maximum Gasteiger partial charge on any atom is 0.252 e. The zero-order valence-corrected chi connectivity index (χ0v) is 15.6. The van der Waals surface area contributed by atoms with Crippen LogP contribution in [0.3, 0.4) is 0 Å². The van der Waals surface area contributed by atoms with Crippen LogP contribution in [0.5, 0.6) is 11.5 Å². The molecular formula is C18H27ClN2O3. The first-order chi connectivity index (χ1) is 10.9. The Balaban J connectivity index is 0.00000288. The molecule has 1 aromatic carbocycles. The molecule has 0 aliphatic carbocycles. The summed E-state index contributed by atoms with van der Waals surface area (Å²) in [6.45, 7) is 5.11. The maximum absolute atomic E-state index is 12.6. The summed E-state index contributed by atoms with van der Waals surface area (Å²) in [7, 11) is 3.42. The molecule has 0 bridgehead atoms. The monoisotopic (exact) mass is 354 g/mol. The molecule has 5 nitrogen and oxygen atoms in total. The first-order valence-electron chi connectivity index (χ1n) is 7.94. The summed E-state index contributed by atoms with van der Waals surface area (Å²) in [5.74, 6) is 1.91. The highest BCUT2D eigenvalue weighted by Gasteiger charge is 2.21. The molecule has 0 radical (unpaired) electrons. The minimum atomic E-state index is -0.0190. The number of carbonyl (C=O) groups excluding carboxylic acids is 1. The standard InChI is InChI=1S/C18H26N2O3.ClH/c1-12(2)16(19)7-8-20(3)18(21)14-9-13-10-15(22-4)5-6-17(13)23-11-14;/h5-6,9-10,12,16H,7-8,11,19H2,1-4H3;1H. The number of fused-ring (bicyclic) bond motifs is 1. The average Bonchev–Trinajstić information content (AvgIpc) is 2.57. The molecule has 1 aliphatic rings. The topological polar surface area (TPSA) is 64.8 Å². The zero-order chi connectivity index (χ0) is 17.0. The molecule has 1 aromatic rings. The molecule has 6 heteroatoms. The number of nitrogens with two attached hydrogens (primary N) is 1. The molecule has 1 amide bonds. The van der Waals surface area contributed by atoms with Gasteiger partial charge in [0.1, 0.15) is 18.1 Å². The van der Waals surface area contributed by atoms with Crippen LogP contribution in [0, 0.1) is 5.92 Å². The highest BCUT2D eigenvalue weighted by molar-refractivity contribution is 5.99. The number of amides is 1. The largest absolute Gasteiger partial charge is 0.497 e. The van der Waals surface area contributed by atoms with Crippen LogP contribution in [0.15, 0.2) is 23.8 Å². The van der Waals surface area contributed by atoms with Crippen molar-refractivity contribution in [1.82, 2.24) is 4.90 Å². The molecule has 1 atom stereocenters. The molecule has 0 fully saturated rings.